The topological polar surface area (TPSA) is 97.6 Å². The van der Waals surface area contributed by atoms with Gasteiger partial charge < -0.3 is 10.6 Å². The second kappa shape index (κ2) is 9.84. The van der Waals surface area contributed by atoms with Gasteiger partial charge in [0.25, 0.3) is 0 Å². The van der Waals surface area contributed by atoms with Crippen LogP contribution in [0.15, 0.2) is 40.0 Å². The minimum Gasteiger partial charge on any atom is -0.367 e. The molecular weight excluding hydrogens is 450 g/mol. The fraction of sp³-hybridized carbons (Fsp3) is 0.350. The van der Waals surface area contributed by atoms with Crippen LogP contribution >= 0.6 is 34.9 Å². The molecule has 0 aliphatic carbocycles. The zero-order valence-electron chi connectivity index (χ0n) is 17.5. The molecule has 0 fully saturated rings. The van der Waals surface area contributed by atoms with Crippen molar-refractivity contribution in [2.45, 2.75) is 35.9 Å². The number of carbonyl (C=O) groups is 1. The van der Waals surface area contributed by atoms with Gasteiger partial charge in [-0.2, -0.15) is 5.10 Å². The number of amides is 1. The van der Waals surface area contributed by atoms with Gasteiger partial charge in [0.2, 0.25) is 5.91 Å². The van der Waals surface area contributed by atoms with E-state index in [1.165, 1.54) is 23.5 Å². The van der Waals surface area contributed by atoms with Crippen LogP contribution in [0, 0.1) is 0 Å². The monoisotopic (exact) mass is 473 g/mol. The molecule has 0 atom stereocenters. The van der Waals surface area contributed by atoms with Crippen molar-refractivity contribution in [2.24, 2.45) is 0 Å². The van der Waals surface area contributed by atoms with Gasteiger partial charge in [-0.05, 0) is 32.2 Å². The Bertz CT molecular complexity index is 1170. The molecule has 0 spiro atoms. The highest BCUT2D eigenvalue weighted by atomic mass is 32.2. The Morgan fingerprint density at radius 3 is 2.84 bits per heavy atom. The molecule has 0 unspecified atom stereocenters. The first kappa shape index (κ1) is 21.8. The van der Waals surface area contributed by atoms with Crippen molar-refractivity contribution >= 4 is 67.8 Å². The standard InChI is InChI=1S/C20H23N7OS3/c1-12(2)23-17-13-10-22-27(18(13)26-19(25-17)29-3)9-8-21-16(28)11-30-20-24-14-6-4-5-7-15(14)31-20/h4-7,10,12H,8-9,11H2,1-3H3,(H,21,28)(H,23,25,26). The van der Waals surface area contributed by atoms with Gasteiger partial charge >= 0.3 is 0 Å². The third-order valence-electron chi connectivity index (χ3n) is 4.33. The molecule has 11 heteroatoms. The van der Waals surface area contributed by atoms with E-state index in [1.807, 2.05) is 35.2 Å². The molecule has 4 aromatic rings. The van der Waals surface area contributed by atoms with E-state index >= 15 is 0 Å². The smallest absolute Gasteiger partial charge is 0.230 e. The van der Waals surface area contributed by atoms with Gasteiger partial charge in [-0.1, -0.05) is 35.7 Å². The van der Waals surface area contributed by atoms with Crippen LogP contribution in [0.5, 0.6) is 0 Å². The number of nitrogens with zero attached hydrogens (tertiary/aromatic N) is 5. The van der Waals surface area contributed by atoms with Crippen LogP contribution in [-0.4, -0.2) is 55.2 Å². The number of thiazole rings is 1. The van der Waals surface area contributed by atoms with Gasteiger partial charge in [0.1, 0.15) is 5.82 Å². The highest BCUT2D eigenvalue weighted by Gasteiger charge is 2.14. The van der Waals surface area contributed by atoms with Crippen molar-refractivity contribution in [3.8, 4) is 0 Å². The quantitative estimate of drug-likeness (QED) is 0.279. The molecule has 0 saturated carbocycles. The molecule has 0 aliphatic heterocycles. The second-order valence-electron chi connectivity index (χ2n) is 7.05. The van der Waals surface area contributed by atoms with Crippen LogP contribution in [0.3, 0.4) is 0 Å². The molecule has 0 saturated heterocycles. The summed E-state index contributed by atoms with van der Waals surface area (Å²) >= 11 is 4.56. The van der Waals surface area contributed by atoms with Crippen LogP contribution in [-0.2, 0) is 11.3 Å². The van der Waals surface area contributed by atoms with E-state index in [9.17, 15) is 4.79 Å². The number of carbonyl (C=O) groups excluding carboxylic acids is 1. The lowest BCUT2D eigenvalue weighted by molar-refractivity contribution is -0.118. The molecule has 3 heterocycles. The SMILES string of the molecule is CSc1nc(NC(C)C)c2cnn(CCNC(=O)CSc3nc4ccccc4s3)c2n1. The van der Waals surface area contributed by atoms with Gasteiger partial charge in [0.15, 0.2) is 15.1 Å². The van der Waals surface area contributed by atoms with Crippen LogP contribution < -0.4 is 10.6 Å². The first-order valence-corrected chi connectivity index (χ1v) is 12.9. The Balaban J connectivity index is 1.34. The Hall–Kier alpha value is -2.37. The third kappa shape index (κ3) is 5.28. The summed E-state index contributed by atoms with van der Waals surface area (Å²) in [7, 11) is 0. The van der Waals surface area contributed by atoms with Crippen molar-refractivity contribution < 1.29 is 4.79 Å². The molecule has 4 rings (SSSR count). The molecule has 3 aromatic heterocycles. The largest absolute Gasteiger partial charge is 0.367 e. The van der Waals surface area contributed by atoms with Gasteiger partial charge in [0.05, 0.1) is 34.1 Å². The summed E-state index contributed by atoms with van der Waals surface area (Å²) in [4.78, 5) is 26.0. The van der Waals surface area contributed by atoms with Gasteiger partial charge in [-0.3, -0.25) is 4.79 Å². The van der Waals surface area contributed by atoms with Crippen molar-refractivity contribution in [2.75, 3.05) is 23.9 Å². The third-order valence-corrected chi connectivity index (χ3v) is 7.06. The number of aromatic nitrogens is 5. The number of hydrogen-bond acceptors (Lipinski definition) is 9. The first-order chi connectivity index (χ1) is 15.0. The molecule has 0 radical (unpaired) electrons. The fourth-order valence-electron chi connectivity index (χ4n) is 2.97. The van der Waals surface area contributed by atoms with Crippen LogP contribution in [0.25, 0.3) is 21.3 Å². The van der Waals surface area contributed by atoms with E-state index < -0.39 is 0 Å². The van der Waals surface area contributed by atoms with E-state index in [4.69, 9.17) is 0 Å². The number of hydrogen-bond donors (Lipinski definition) is 2. The average Bonchev–Trinajstić information content (AvgIpc) is 3.35. The van der Waals surface area contributed by atoms with Crippen LogP contribution in [0.4, 0.5) is 5.82 Å². The molecule has 1 aromatic carbocycles. The maximum Gasteiger partial charge on any atom is 0.230 e. The molecule has 162 valence electrons. The predicted octanol–water partition coefficient (Wildman–Crippen LogP) is 3.89. The van der Waals surface area contributed by atoms with Crippen molar-refractivity contribution in [1.82, 2.24) is 30.0 Å². The lowest BCUT2D eigenvalue weighted by atomic mass is 10.3. The summed E-state index contributed by atoms with van der Waals surface area (Å²) in [5.74, 6) is 1.09. The number of benzene rings is 1. The van der Waals surface area contributed by atoms with E-state index in [0.717, 1.165) is 31.4 Å². The van der Waals surface area contributed by atoms with Crippen molar-refractivity contribution in [3.63, 3.8) is 0 Å². The van der Waals surface area contributed by atoms with Crippen molar-refractivity contribution in [3.05, 3.63) is 30.5 Å². The lowest BCUT2D eigenvalue weighted by Crippen LogP contribution is -2.29. The zero-order valence-corrected chi connectivity index (χ0v) is 19.9. The molecule has 2 N–H and O–H groups in total. The van der Waals surface area contributed by atoms with E-state index in [1.54, 1.807) is 17.5 Å². The van der Waals surface area contributed by atoms with Crippen molar-refractivity contribution in [1.29, 1.82) is 0 Å². The fourth-order valence-corrected chi connectivity index (χ4v) is 5.22. The van der Waals surface area contributed by atoms with E-state index in [0.29, 0.717) is 24.0 Å². The molecule has 0 bridgehead atoms. The molecule has 8 nitrogen and oxygen atoms in total. The number of fused-ring (bicyclic) bond motifs is 2. The number of para-hydroxylation sites is 1. The van der Waals surface area contributed by atoms with Gasteiger partial charge in [0, 0.05) is 12.6 Å². The van der Waals surface area contributed by atoms with E-state index in [-0.39, 0.29) is 11.9 Å². The zero-order chi connectivity index (χ0) is 21.8. The summed E-state index contributed by atoms with van der Waals surface area (Å²) < 4.78 is 3.85. The minimum absolute atomic E-state index is 0.0256. The number of anilines is 1. The maximum atomic E-state index is 12.3. The Morgan fingerprint density at radius 2 is 2.06 bits per heavy atom. The lowest BCUT2D eigenvalue weighted by Gasteiger charge is -2.11. The van der Waals surface area contributed by atoms with Crippen LogP contribution in [0.1, 0.15) is 13.8 Å². The normalized spacial score (nSPS) is 11.5. The highest BCUT2D eigenvalue weighted by Crippen LogP contribution is 2.29. The summed E-state index contributed by atoms with van der Waals surface area (Å²) in [6, 6.07) is 8.24. The molecular formula is C20H23N7OS3. The Labute approximate surface area is 192 Å². The maximum absolute atomic E-state index is 12.3. The molecule has 0 aliphatic rings. The number of nitrogens with one attached hydrogen (secondary N) is 2. The second-order valence-corrected chi connectivity index (χ2v) is 10.1. The van der Waals surface area contributed by atoms with Gasteiger partial charge in [-0.25, -0.2) is 19.6 Å². The van der Waals surface area contributed by atoms with Crippen LogP contribution in [0.2, 0.25) is 0 Å². The number of thioether (sulfide) groups is 2. The Morgan fingerprint density at radius 1 is 1.23 bits per heavy atom. The predicted molar refractivity (Wildman–Crippen MR) is 129 cm³/mol. The average molecular weight is 474 g/mol. The summed E-state index contributed by atoms with van der Waals surface area (Å²) in [6.07, 6.45) is 3.72. The van der Waals surface area contributed by atoms with E-state index in [2.05, 4.69) is 44.5 Å². The summed E-state index contributed by atoms with van der Waals surface area (Å²) in [5.41, 5.74) is 1.74. The molecule has 1 amide bonds. The first-order valence-electron chi connectivity index (χ1n) is 9.82. The summed E-state index contributed by atoms with van der Waals surface area (Å²) in [6.45, 7) is 5.15. The van der Waals surface area contributed by atoms with Gasteiger partial charge in [-0.15, -0.1) is 11.3 Å². The molecule has 31 heavy (non-hydrogen) atoms. The Kier molecular flexibility index (Phi) is 6.93. The summed E-state index contributed by atoms with van der Waals surface area (Å²) in [5, 5.41) is 12.3. The highest BCUT2D eigenvalue weighted by molar-refractivity contribution is 8.01. The number of rotatable bonds is 9. The minimum atomic E-state index is -0.0256.